The van der Waals surface area contributed by atoms with Crippen molar-refractivity contribution in [2.24, 2.45) is 23.2 Å². The van der Waals surface area contributed by atoms with Gasteiger partial charge in [0, 0.05) is 30.3 Å². The summed E-state index contributed by atoms with van der Waals surface area (Å²) in [5, 5.41) is 11.5. The Bertz CT molecular complexity index is 680. The van der Waals surface area contributed by atoms with Crippen LogP contribution in [-0.4, -0.2) is 71.8 Å². The first-order valence-corrected chi connectivity index (χ1v) is 12.5. The van der Waals surface area contributed by atoms with Crippen molar-refractivity contribution < 1.29 is 14.6 Å². The van der Waals surface area contributed by atoms with Gasteiger partial charge in [-0.05, 0) is 70.6 Å². The number of nitrogens with zero attached hydrogens (tertiary/aromatic N) is 2. The molecule has 30 heavy (non-hydrogen) atoms. The number of hydrogen-bond acceptors (Lipinski definition) is 5. The molecular weight excluding hydrogens is 376 g/mol. The molecule has 5 heteroatoms. The topological polar surface area (TPSA) is 53.0 Å². The lowest BCUT2D eigenvalue weighted by molar-refractivity contribution is -0.145. The molecule has 0 unspecified atom stereocenters. The van der Waals surface area contributed by atoms with Crippen molar-refractivity contribution in [3.8, 4) is 0 Å². The second-order valence-corrected chi connectivity index (χ2v) is 10.9. The monoisotopic (exact) mass is 416 g/mol. The number of allylic oxidation sites excluding steroid dienone is 1. The number of ether oxygens (including phenoxy) is 1. The predicted molar refractivity (Wildman–Crippen MR) is 117 cm³/mol. The molecule has 3 heterocycles. The Morgan fingerprint density at radius 2 is 1.87 bits per heavy atom. The number of piperidine rings is 2. The highest BCUT2D eigenvalue weighted by Crippen LogP contribution is 2.56. The second kappa shape index (κ2) is 8.22. The van der Waals surface area contributed by atoms with E-state index in [0.29, 0.717) is 5.92 Å². The Labute approximate surface area is 181 Å². The van der Waals surface area contributed by atoms with Gasteiger partial charge in [-0.1, -0.05) is 31.9 Å². The van der Waals surface area contributed by atoms with Crippen LogP contribution in [0, 0.1) is 23.2 Å². The maximum atomic E-state index is 12.9. The molecule has 0 spiro atoms. The first-order chi connectivity index (χ1) is 14.5. The lowest BCUT2D eigenvalue weighted by Gasteiger charge is -2.52. The molecule has 1 N–H and O–H groups in total. The van der Waals surface area contributed by atoms with Crippen molar-refractivity contribution in [2.45, 2.75) is 83.5 Å². The second-order valence-electron chi connectivity index (χ2n) is 10.9. The van der Waals surface area contributed by atoms with E-state index in [1.165, 1.54) is 50.8 Å². The molecule has 168 valence electrons. The quantitative estimate of drug-likeness (QED) is 0.566. The first-order valence-electron chi connectivity index (χ1n) is 12.5. The standard InChI is InChI=1S/C25H40N2O3/c1-17-7-6-8-18-15-21-22(23(28)25(17,18)2)20(24(29)30-21)16-26-13-9-19(10-14-26)27-11-4-3-5-12-27/h8,17,19-23,28H,3-7,9-16H2,1-2H3/t17-,20+,21-,22-,23-,25-/m1/s1. The van der Waals surface area contributed by atoms with Crippen LogP contribution in [0.25, 0.3) is 0 Å². The number of fused-ring (bicyclic) bond motifs is 2. The van der Waals surface area contributed by atoms with Crippen LogP contribution in [0.2, 0.25) is 0 Å². The summed E-state index contributed by atoms with van der Waals surface area (Å²) in [5.74, 6) is 0.145. The van der Waals surface area contributed by atoms with Crippen LogP contribution in [-0.2, 0) is 9.53 Å². The molecule has 5 rings (SSSR count). The fourth-order valence-electron chi connectivity index (χ4n) is 7.30. The molecule has 5 nitrogen and oxygen atoms in total. The Morgan fingerprint density at radius 1 is 1.13 bits per heavy atom. The fraction of sp³-hybridized carbons (Fsp3) is 0.880. The van der Waals surface area contributed by atoms with Crippen molar-refractivity contribution in [1.82, 2.24) is 9.80 Å². The first kappa shape index (κ1) is 21.0. The molecule has 0 aromatic carbocycles. The van der Waals surface area contributed by atoms with Crippen molar-refractivity contribution >= 4 is 5.97 Å². The zero-order chi connectivity index (χ0) is 20.9. The molecule has 2 aliphatic carbocycles. The summed E-state index contributed by atoms with van der Waals surface area (Å²) in [6.45, 7) is 9.92. The van der Waals surface area contributed by atoms with Crippen LogP contribution in [0.3, 0.4) is 0 Å². The van der Waals surface area contributed by atoms with Crippen molar-refractivity contribution in [3.05, 3.63) is 11.6 Å². The number of hydrogen-bond donors (Lipinski definition) is 1. The molecule has 1 saturated carbocycles. The molecule has 3 saturated heterocycles. The lowest BCUT2D eigenvalue weighted by Crippen LogP contribution is -2.55. The van der Waals surface area contributed by atoms with Crippen molar-refractivity contribution in [3.63, 3.8) is 0 Å². The highest BCUT2D eigenvalue weighted by molar-refractivity contribution is 5.76. The van der Waals surface area contributed by atoms with E-state index in [9.17, 15) is 9.90 Å². The van der Waals surface area contributed by atoms with E-state index in [1.54, 1.807) is 0 Å². The van der Waals surface area contributed by atoms with E-state index in [1.807, 2.05) is 0 Å². The van der Waals surface area contributed by atoms with E-state index < -0.39 is 6.10 Å². The van der Waals surface area contributed by atoms with E-state index in [-0.39, 0.29) is 29.3 Å². The summed E-state index contributed by atoms with van der Waals surface area (Å²) in [6, 6.07) is 0.722. The number of aliphatic hydroxyl groups excluding tert-OH is 1. The van der Waals surface area contributed by atoms with Gasteiger partial charge in [-0.25, -0.2) is 0 Å². The van der Waals surface area contributed by atoms with Crippen LogP contribution in [0.4, 0.5) is 0 Å². The molecule has 5 aliphatic rings. The van der Waals surface area contributed by atoms with Crippen LogP contribution >= 0.6 is 0 Å². The predicted octanol–water partition coefficient (Wildman–Crippen LogP) is 3.22. The van der Waals surface area contributed by atoms with Crippen molar-refractivity contribution in [2.75, 3.05) is 32.7 Å². The minimum atomic E-state index is -0.486. The molecule has 0 bridgehead atoms. The largest absolute Gasteiger partial charge is 0.461 e. The Kier molecular flexibility index (Phi) is 5.74. The van der Waals surface area contributed by atoms with Crippen LogP contribution < -0.4 is 0 Å². The molecule has 6 atom stereocenters. The molecule has 0 amide bonds. The minimum Gasteiger partial charge on any atom is -0.461 e. The third-order valence-corrected chi connectivity index (χ3v) is 9.49. The molecule has 0 radical (unpaired) electrons. The summed E-state index contributed by atoms with van der Waals surface area (Å²) in [6.07, 6.45) is 11.2. The molecular formula is C25H40N2O3. The molecule has 0 aromatic rings. The van der Waals surface area contributed by atoms with Gasteiger partial charge in [0.15, 0.2) is 0 Å². The molecule has 4 fully saturated rings. The van der Waals surface area contributed by atoms with Gasteiger partial charge in [0.1, 0.15) is 6.10 Å². The van der Waals surface area contributed by atoms with Gasteiger partial charge < -0.3 is 19.6 Å². The average Bonchev–Trinajstić information content (AvgIpc) is 3.07. The highest BCUT2D eigenvalue weighted by atomic mass is 16.6. The van der Waals surface area contributed by atoms with Gasteiger partial charge in [-0.15, -0.1) is 0 Å². The van der Waals surface area contributed by atoms with Crippen LogP contribution in [0.1, 0.15) is 65.2 Å². The van der Waals surface area contributed by atoms with E-state index >= 15 is 0 Å². The van der Waals surface area contributed by atoms with E-state index in [2.05, 4.69) is 29.7 Å². The Hall–Kier alpha value is -0.910. The maximum Gasteiger partial charge on any atom is 0.311 e. The molecule has 3 aliphatic heterocycles. The summed E-state index contributed by atoms with van der Waals surface area (Å²) in [7, 11) is 0. The normalized spacial score (nSPS) is 43.6. The van der Waals surface area contributed by atoms with Gasteiger partial charge in [-0.2, -0.15) is 0 Å². The number of carbonyl (C=O) groups is 1. The van der Waals surface area contributed by atoms with Gasteiger partial charge in [0.05, 0.1) is 12.0 Å². The number of rotatable bonds is 3. The number of esters is 1. The average molecular weight is 417 g/mol. The summed E-state index contributed by atoms with van der Waals surface area (Å²) in [5.41, 5.74) is 1.12. The van der Waals surface area contributed by atoms with Crippen LogP contribution in [0.5, 0.6) is 0 Å². The number of likely N-dealkylation sites (tertiary alicyclic amines) is 2. The number of carbonyl (C=O) groups excluding carboxylic acids is 1. The fourth-order valence-corrected chi connectivity index (χ4v) is 7.30. The maximum absolute atomic E-state index is 12.9. The van der Waals surface area contributed by atoms with Gasteiger partial charge >= 0.3 is 5.97 Å². The summed E-state index contributed by atoms with van der Waals surface area (Å²) in [4.78, 5) is 18.0. The SMILES string of the molecule is C[C@@H]1CCC=C2C[C@H]3OC(=O)[C@@H](CN4CCC(N5CCCCC5)CC4)[C@H]3[C@@H](O)[C@@]21C. The van der Waals surface area contributed by atoms with Crippen LogP contribution in [0.15, 0.2) is 11.6 Å². The minimum absolute atomic E-state index is 0.0555. The van der Waals surface area contributed by atoms with Gasteiger partial charge in [-0.3, -0.25) is 4.79 Å². The summed E-state index contributed by atoms with van der Waals surface area (Å²) >= 11 is 0. The van der Waals surface area contributed by atoms with E-state index in [4.69, 9.17) is 4.74 Å². The highest BCUT2D eigenvalue weighted by Gasteiger charge is 2.59. The van der Waals surface area contributed by atoms with E-state index in [0.717, 1.165) is 44.9 Å². The lowest BCUT2D eigenvalue weighted by atomic mass is 9.55. The Morgan fingerprint density at radius 3 is 2.60 bits per heavy atom. The van der Waals surface area contributed by atoms with Gasteiger partial charge in [0.25, 0.3) is 0 Å². The smallest absolute Gasteiger partial charge is 0.311 e. The van der Waals surface area contributed by atoms with Gasteiger partial charge in [0.2, 0.25) is 0 Å². The third kappa shape index (κ3) is 3.45. The number of aliphatic hydroxyl groups is 1. The zero-order valence-corrected chi connectivity index (χ0v) is 18.9. The summed E-state index contributed by atoms with van der Waals surface area (Å²) < 4.78 is 5.86. The van der Waals surface area contributed by atoms with Crippen molar-refractivity contribution in [1.29, 1.82) is 0 Å². The third-order valence-electron chi connectivity index (χ3n) is 9.49. The zero-order valence-electron chi connectivity index (χ0n) is 18.9. The molecule has 0 aromatic heterocycles. The Balaban J connectivity index is 1.25.